The summed E-state index contributed by atoms with van der Waals surface area (Å²) in [4.78, 5) is 54.6. The molecule has 0 aliphatic carbocycles. The van der Waals surface area contributed by atoms with E-state index >= 15 is 0 Å². The van der Waals surface area contributed by atoms with Crippen LogP contribution in [0.3, 0.4) is 0 Å². The molecule has 1 aromatic rings. The summed E-state index contributed by atoms with van der Waals surface area (Å²) in [5, 5.41) is 199. The van der Waals surface area contributed by atoms with Gasteiger partial charge in [0.1, 0.15) is 97.7 Å². The molecule has 0 aliphatic rings. The number of ketones is 4. The van der Waals surface area contributed by atoms with Crippen molar-refractivity contribution in [2.24, 2.45) is 0 Å². The zero-order chi connectivity index (χ0) is 42.1. The Labute approximate surface area is 303 Å². The first-order valence-corrected chi connectivity index (χ1v) is 15.7. The summed E-state index contributed by atoms with van der Waals surface area (Å²) in [6, 6.07) is 0.352. The average molecular weight is 791 g/mol. The lowest BCUT2D eigenvalue weighted by molar-refractivity contribution is -0.106. The van der Waals surface area contributed by atoms with E-state index in [1.807, 2.05) is 0 Å². The molecule has 0 bridgehead atoms. The zero-order valence-electron chi connectivity index (χ0n) is 27.8. The van der Waals surface area contributed by atoms with E-state index in [1.165, 1.54) is 0 Å². The van der Waals surface area contributed by atoms with Crippen molar-refractivity contribution in [1.29, 1.82) is 0 Å². The second-order valence-corrected chi connectivity index (χ2v) is 12.1. The molecule has 0 amide bonds. The molecule has 1 aromatic carbocycles. The quantitative estimate of drug-likeness (QED) is 0.0432. The van der Waals surface area contributed by atoms with Crippen molar-refractivity contribution >= 4 is 23.1 Å². The number of Topliss-reactive ketones (excluding diaryl/α,β-unsaturated/α-hetero) is 4. The van der Waals surface area contributed by atoms with E-state index in [9.17, 15) is 101 Å². The van der Waals surface area contributed by atoms with Crippen LogP contribution in [0.2, 0.25) is 0 Å². The van der Waals surface area contributed by atoms with Gasteiger partial charge < -0.3 is 102 Å². The Morgan fingerprint density at radius 3 is 0.815 bits per heavy atom. The van der Waals surface area contributed by atoms with Gasteiger partial charge in [-0.1, -0.05) is 0 Å². The van der Waals surface area contributed by atoms with Crippen LogP contribution in [0.1, 0.15) is 41.4 Å². The van der Waals surface area contributed by atoms with E-state index in [4.69, 9.17) is 20.4 Å². The van der Waals surface area contributed by atoms with Gasteiger partial charge in [0.05, 0.1) is 26.4 Å². The first kappa shape index (κ1) is 49.1. The summed E-state index contributed by atoms with van der Waals surface area (Å²) in [5.41, 5.74) is -5.96. The molecule has 0 saturated carbocycles. The number of rotatable bonds is 24. The Morgan fingerprint density at radius 2 is 0.574 bits per heavy atom. The number of aliphatic hydroxyl groups excluding tert-OH is 20. The van der Waals surface area contributed by atoms with Gasteiger partial charge in [0.25, 0.3) is 0 Å². The smallest absolute Gasteiger partial charge is 0.195 e. The van der Waals surface area contributed by atoms with Crippen molar-refractivity contribution in [3.8, 4) is 0 Å². The van der Waals surface area contributed by atoms with Gasteiger partial charge in [0.15, 0.2) is 23.1 Å². The minimum atomic E-state index is -3.09. The Bertz CT molecular complexity index is 1350. The van der Waals surface area contributed by atoms with Crippen LogP contribution in [0.4, 0.5) is 0 Å². The van der Waals surface area contributed by atoms with Gasteiger partial charge in [0, 0.05) is 22.3 Å². The number of aliphatic hydroxyl groups is 20. The highest BCUT2D eigenvalue weighted by atomic mass is 16.4. The summed E-state index contributed by atoms with van der Waals surface area (Å²) in [6.45, 7) is -5.10. The Kier molecular flexibility index (Phi) is 19.5. The topological polar surface area (TPSA) is 473 Å². The van der Waals surface area contributed by atoms with Crippen LogP contribution >= 0.6 is 0 Å². The third-order valence-corrected chi connectivity index (χ3v) is 8.29. The van der Waals surface area contributed by atoms with E-state index < -0.39 is 169 Å². The van der Waals surface area contributed by atoms with Crippen LogP contribution in [0.15, 0.2) is 12.1 Å². The molecule has 0 saturated heterocycles. The molecule has 0 unspecified atom stereocenters. The van der Waals surface area contributed by atoms with Crippen molar-refractivity contribution in [1.82, 2.24) is 0 Å². The van der Waals surface area contributed by atoms with Gasteiger partial charge in [-0.15, -0.1) is 0 Å². The number of carbonyl (C=O) groups excluding carboxylic acids is 4. The second-order valence-electron chi connectivity index (χ2n) is 12.1. The van der Waals surface area contributed by atoms with Crippen LogP contribution in [0, 0.1) is 0 Å². The number of carbonyl (C=O) groups is 4. The van der Waals surface area contributed by atoms with Crippen molar-refractivity contribution in [3.63, 3.8) is 0 Å². The van der Waals surface area contributed by atoms with Crippen molar-refractivity contribution in [2.75, 3.05) is 26.4 Å². The van der Waals surface area contributed by atoms with Crippen LogP contribution < -0.4 is 0 Å². The predicted molar refractivity (Wildman–Crippen MR) is 168 cm³/mol. The Hall–Kier alpha value is -2.90. The first-order valence-electron chi connectivity index (χ1n) is 15.7. The van der Waals surface area contributed by atoms with Crippen LogP contribution in [0.5, 0.6) is 0 Å². The molecule has 24 nitrogen and oxygen atoms in total. The lowest BCUT2D eigenvalue weighted by Crippen LogP contribution is -2.51. The summed E-state index contributed by atoms with van der Waals surface area (Å²) in [7, 11) is 0. The summed E-state index contributed by atoms with van der Waals surface area (Å²) in [6.07, 6.45) is -42.5. The summed E-state index contributed by atoms with van der Waals surface area (Å²) >= 11 is 0. The number of hydrogen-bond donors (Lipinski definition) is 20. The van der Waals surface area contributed by atoms with E-state index in [-0.39, 0.29) is 12.1 Å². The van der Waals surface area contributed by atoms with Crippen molar-refractivity contribution in [3.05, 3.63) is 34.4 Å². The van der Waals surface area contributed by atoms with Crippen LogP contribution in [0.25, 0.3) is 0 Å². The largest absolute Gasteiger partial charge is 0.394 e. The fourth-order valence-electron chi connectivity index (χ4n) is 4.79. The zero-order valence-corrected chi connectivity index (χ0v) is 27.8. The fourth-order valence-corrected chi connectivity index (χ4v) is 4.79. The van der Waals surface area contributed by atoms with Crippen molar-refractivity contribution < 1.29 is 121 Å². The highest BCUT2D eigenvalue weighted by Gasteiger charge is 2.44. The standard InChI is InChI=1S/C30H46O24/c31-3-10(35)18(42)26(50)23(47)15(39)7-1-8(16(40)24(48)27(51)19(43)11(36)4-32)14(22(46)30(54)29(53)21(45)13(38)6-34)9(2-7)17(41)25(49)28(52)20(44)12(37)5-33/h1-2,10-13,18-21,23-38,42-45,47-54H,3-6H2/t10-,11-,12-,13-,18-,19-,20-,21-,23+,24+,25+,26+,27+,28+,29+,30+/m1/s1. The summed E-state index contributed by atoms with van der Waals surface area (Å²) < 4.78 is 0. The maximum atomic E-state index is 13.8. The molecule has 310 valence electrons. The highest BCUT2D eigenvalue weighted by Crippen LogP contribution is 2.28. The van der Waals surface area contributed by atoms with Crippen LogP contribution in [-0.2, 0) is 0 Å². The van der Waals surface area contributed by atoms with Gasteiger partial charge >= 0.3 is 0 Å². The molecule has 0 aromatic heterocycles. The molecular weight excluding hydrogens is 744 g/mol. The van der Waals surface area contributed by atoms with E-state index in [2.05, 4.69) is 0 Å². The molecule has 16 atom stereocenters. The molecule has 0 radical (unpaired) electrons. The molecule has 0 heterocycles. The monoisotopic (exact) mass is 790 g/mol. The lowest BCUT2D eigenvalue weighted by atomic mass is 9.82. The molecule has 0 aliphatic heterocycles. The van der Waals surface area contributed by atoms with Gasteiger partial charge in [-0.05, 0) is 12.1 Å². The average Bonchev–Trinajstić information content (AvgIpc) is 3.19. The third-order valence-electron chi connectivity index (χ3n) is 8.29. The minimum absolute atomic E-state index is 0.176. The Morgan fingerprint density at radius 1 is 0.352 bits per heavy atom. The molecule has 1 rings (SSSR count). The van der Waals surface area contributed by atoms with Gasteiger partial charge in [-0.25, -0.2) is 0 Å². The third kappa shape index (κ3) is 11.1. The maximum Gasteiger partial charge on any atom is 0.195 e. The van der Waals surface area contributed by atoms with E-state index in [1.54, 1.807) is 0 Å². The Balaban J connectivity index is 4.32. The molecule has 20 N–H and O–H groups in total. The normalized spacial score (nSPS) is 21.1. The second kappa shape index (κ2) is 21.4. The molecule has 0 spiro atoms. The molecule has 54 heavy (non-hydrogen) atoms. The molecule has 0 fully saturated rings. The molecule has 24 heteroatoms. The number of hydrogen-bond acceptors (Lipinski definition) is 24. The highest BCUT2D eigenvalue weighted by molar-refractivity contribution is 6.20. The maximum absolute atomic E-state index is 13.8. The minimum Gasteiger partial charge on any atom is -0.394 e. The lowest BCUT2D eigenvalue weighted by Gasteiger charge is -2.29. The first-order chi connectivity index (χ1) is 25.0. The summed E-state index contributed by atoms with van der Waals surface area (Å²) in [5.74, 6) is -8.08. The van der Waals surface area contributed by atoms with Crippen molar-refractivity contribution in [2.45, 2.75) is 97.7 Å². The SMILES string of the molecule is O=C(c1cc(C(=O)[C@H](O)[C@@H](O)[C@H](O)[C@H](O)CO)c(C(=O)[C@H](O)[C@@H](O)[C@H](O)[C@H](O)CO)c(C(=O)[C@H](O)[C@@H](O)[C@H](O)[C@H](O)CO)c1)[C@H](O)[C@@H](O)[C@H](O)[C@H](O)CO. The van der Waals surface area contributed by atoms with Gasteiger partial charge in [0.2, 0.25) is 0 Å². The van der Waals surface area contributed by atoms with Gasteiger partial charge in [-0.2, -0.15) is 0 Å². The number of benzene rings is 1. The predicted octanol–water partition coefficient (Wildman–Crippen LogP) is -11.8. The van der Waals surface area contributed by atoms with E-state index in [0.717, 1.165) is 0 Å². The van der Waals surface area contributed by atoms with Crippen LogP contribution in [-0.4, -0.2) is 249 Å². The van der Waals surface area contributed by atoms with E-state index in [0.29, 0.717) is 0 Å². The van der Waals surface area contributed by atoms with Gasteiger partial charge in [-0.3, -0.25) is 19.2 Å². The fraction of sp³-hybridized carbons (Fsp3) is 0.667. The molecular formula is C30H46O24.